The molecule has 110 valence electrons. The van der Waals surface area contributed by atoms with E-state index in [0.29, 0.717) is 6.54 Å². The lowest BCUT2D eigenvalue weighted by atomic mass is 9.97. The smallest absolute Gasteiger partial charge is 0.410 e. The van der Waals surface area contributed by atoms with Crippen LogP contribution >= 0.6 is 0 Å². The normalized spacial score (nSPS) is 22.9. The van der Waals surface area contributed by atoms with E-state index in [2.05, 4.69) is 12.1 Å². The van der Waals surface area contributed by atoms with Crippen LogP contribution < -0.4 is 0 Å². The van der Waals surface area contributed by atoms with Gasteiger partial charge in [-0.3, -0.25) is 0 Å². The van der Waals surface area contributed by atoms with Gasteiger partial charge < -0.3 is 14.7 Å². The summed E-state index contributed by atoms with van der Waals surface area (Å²) in [5.74, 6) is 0.265. The third-order valence-corrected chi connectivity index (χ3v) is 3.52. The summed E-state index contributed by atoms with van der Waals surface area (Å²) in [5.41, 5.74) is 0.694. The first-order valence-electron chi connectivity index (χ1n) is 7.06. The van der Waals surface area contributed by atoms with E-state index in [9.17, 15) is 9.90 Å². The molecule has 0 radical (unpaired) electrons. The molecule has 1 aromatic rings. The van der Waals surface area contributed by atoms with Gasteiger partial charge in [-0.15, -0.1) is 0 Å². The van der Waals surface area contributed by atoms with Gasteiger partial charge in [0, 0.05) is 12.5 Å². The largest absolute Gasteiger partial charge is 0.444 e. The van der Waals surface area contributed by atoms with Crippen molar-refractivity contribution in [2.45, 2.75) is 44.8 Å². The maximum Gasteiger partial charge on any atom is 0.410 e. The third-order valence-electron chi connectivity index (χ3n) is 3.52. The molecule has 1 unspecified atom stereocenters. The number of nitrogens with zero attached hydrogens (tertiary/aromatic N) is 1. The molecule has 1 aliphatic rings. The van der Waals surface area contributed by atoms with Gasteiger partial charge in [-0.1, -0.05) is 30.3 Å². The fourth-order valence-corrected chi connectivity index (χ4v) is 2.60. The van der Waals surface area contributed by atoms with Crippen molar-refractivity contribution in [3.8, 4) is 0 Å². The number of aliphatic hydroxyl groups excluding tert-OH is 1. The summed E-state index contributed by atoms with van der Waals surface area (Å²) < 4.78 is 5.41. The Morgan fingerprint density at radius 2 is 2.00 bits per heavy atom. The molecule has 0 aliphatic carbocycles. The number of likely N-dealkylation sites (tertiary alicyclic amines) is 1. The lowest BCUT2D eigenvalue weighted by molar-refractivity contribution is 0.0174. The van der Waals surface area contributed by atoms with Crippen LogP contribution in [-0.2, 0) is 4.74 Å². The molecule has 1 aromatic carbocycles. The molecule has 2 atom stereocenters. The molecule has 1 amide bonds. The van der Waals surface area contributed by atoms with E-state index in [4.69, 9.17) is 4.74 Å². The number of amides is 1. The fraction of sp³-hybridized carbons (Fsp3) is 0.562. The molecule has 0 aromatic heterocycles. The van der Waals surface area contributed by atoms with Crippen molar-refractivity contribution in [1.82, 2.24) is 4.90 Å². The van der Waals surface area contributed by atoms with Crippen molar-refractivity contribution in [2.24, 2.45) is 0 Å². The lowest BCUT2D eigenvalue weighted by Crippen LogP contribution is -2.41. The molecule has 1 N–H and O–H groups in total. The summed E-state index contributed by atoms with van der Waals surface area (Å²) >= 11 is 0. The van der Waals surface area contributed by atoms with Gasteiger partial charge in [0.2, 0.25) is 0 Å². The van der Waals surface area contributed by atoms with Crippen LogP contribution in [0.4, 0.5) is 4.79 Å². The Hall–Kier alpha value is -1.55. The van der Waals surface area contributed by atoms with Gasteiger partial charge in [0.25, 0.3) is 0 Å². The quantitative estimate of drug-likeness (QED) is 0.904. The Morgan fingerprint density at radius 3 is 2.55 bits per heavy atom. The van der Waals surface area contributed by atoms with Crippen LogP contribution in [-0.4, -0.2) is 40.9 Å². The molecule has 4 nitrogen and oxygen atoms in total. The summed E-state index contributed by atoms with van der Waals surface area (Å²) in [6.45, 7) is 6.13. The molecule has 1 aliphatic heterocycles. The average Bonchev–Trinajstić information content (AvgIpc) is 2.82. The van der Waals surface area contributed by atoms with E-state index in [1.807, 2.05) is 39.0 Å². The molecule has 2 rings (SSSR count). The highest BCUT2D eigenvalue weighted by Gasteiger charge is 2.37. The molecule has 1 fully saturated rings. The van der Waals surface area contributed by atoms with E-state index >= 15 is 0 Å². The summed E-state index contributed by atoms with van der Waals surface area (Å²) in [7, 11) is 0. The number of carbonyl (C=O) groups is 1. The number of hydrogen-bond donors (Lipinski definition) is 1. The minimum atomic E-state index is -0.512. The number of carbonyl (C=O) groups excluding carboxylic acids is 1. The Bertz CT molecular complexity index is 453. The summed E-state index contributed by atoms with van der Waals surface area (Å²) in [6.07, 6.45) is 0.440. The number of hydrogen-bond acceptors (Lipinski definition) is 3. The SMILES string of the molecule is CC(C)(C)OC(=O)N1CC(c2ccccc2)C[C@H]1CO. The van der Waals surface area contributed by atoms with Gasteiger partial charge in [-0.2, -0.15) is 0 Å². The van der Waals surface area contributed by atoms with E-state index in [-0.39, 0.29) is 24.7 Å². The Kier molecular flexibility index (Phi) is 4.33. The minimum Gasteiger partial charge on any atom is -0.444 e. The molecule has 1 heterocycles. The van der Waals surface area contributed by atoms with Gasteiger partial charge in [0.1, 0.15) is 5.60 Å². The lowest BCUT2D eigenvalue weighted by Gasteiger charge is -2.27. The van der Waals surface area contributed by atoms with E-state index in [1.54, 1.807) is 4.90 Å². The molecule has 0 spiro atoms. The molecular weight excluding hydrogens is 254 g/mol. The third kappa shape index (κ3) is 3.51. The van der Waals surface area contributed by atoms with Crippen LogP contribution in [0.1, 0.15) is 38.7 Å². The zero-order valence-electron chi connectivity index (χ0n) is 12.4. The van der Waals surface area contributed by atoms with Crippen molar-refractivity contribution in [2.75, 3.05) is 13.2 Å². The van der Waals surface area contributed by atoms with Gasteiger partial charge in [-0.25, -0.2) is 4.79 Å². The van der Waals surface area contributed by atoms with E-state index in [0.717, 1.165) is 6.42 Å². The molecular formula is C16H23NO3. The monoisotopic (exact) mass is 277 g/mol. The fourth-order valence-electron chi connectivity index (χ4n) is 2.60. The topological polar surface area (TPSA) is 49.8 Å². The first-order chi connectivity index (χ1) is 9.40. The zero-order valence-corrected chi connectivity index (χ0v) is 12.4. The number of benzene rings is 1. The second-order valence-electron chi connectivity index (χ2n) is 6.31. The van der Waals surface area contributed by atoms with E-state index in [1.165, 1.54) is 5.56 Å². The van der Waals surface area contributed by atoms with Gasteiger partial charge in [0.05, 0.1) is 12.6 Å². The van der Waals surface area contributed by atoms with Crippen molar-refractivity contribution >= 4 is 6.09 Å². The van der Waals surface area contributed by atoms with Gasteiger partial charge in [0.15, 0.2) is 0 Å². The van der Waals surface area contributed by atoms with Crippen molar-refractivity contribution in [3.63, 3.8) is 0 Å². The van der Waals surface area contributed by atoms with Crippen molar-refractivity contribution < 1.29 is 14.6 Å². The van der Waals surface area contributed by atoms with Crippen LogP contribution in [0.25, 0.3) is 0 Å². The first-order valence-corrected chi connectivity index (χ1v) is 7.06. The zero-order chi connectivity index (χ0) is 14.8. The van der Waals surface area contributed by atoms with Crippen LogP contribution in [0, 0.1) is 0 Å². The van der Waals surface area contributed by atoms with Crippen molar-refractivity contribution in [3.05, 3.63) is 35.9 Å². The van der Waals surface area contributed by atoms with Gasteiger partial charge >= 0.3 is 6.09 Å². The molecule has 1 saturated heterocycles. The molecule has 20 heavy (non-hydrogen) atoms. The van der Waals surface area contributed by atoms with Crippen LogP contribution in [0.3, 0.4) is 0 Å². The molecule has 0 saturated carbocycles. The highest BCUT2D eigenvalue weighted by molar-refractivity contribution is 5.69. The summed E-state index contributed by atoms with van der Waals surface area (Å²) in [6, 6.07) is 9.96. The maximum absolute atomic E-state index is 12.2. The second kappa shape index (κ2) is 5.83. The Balaban J connectivity index is 2.09. The van der Waals surface area contributed by atoms with Crippen molar-refractivity contribution in [1.29, 1.82) is 0 Å². The highest BCUT2D eigenvalue weighted by Crippen LogP contribution is 2.32. The molecule has 4 heteroatoms. The van der Waals surface area contributed by atoms with Crippen LogP contribution in [0.2, 0.25) is 0 Å². The number of rotatable bonds is 2. The highest BCUT2D eigenvalue weighted by atomic mass is 16.6. The minimum absolute atomic E-state index is 0.0252. The van der Waals surface area contributed by atoms with Gasteiger partial charge in [-0.05, 0) is 32.8 Å². The van der Waals surface area contributed by atoms with E-state index < -0.39 is 5.60 Å². The van der Waals surface area contributed by atoms with Crippen LogP contribution in [0.5, 0.6) is 0 Å². The summed E-state index contributed by atoms with van der Waals surface area (Å²) in [5, 5.41) is 9.50. The van der Waals surface area contributed by atoms with Crippen LogP contribution in [0.15, 0.2) is 30.3 Å². The number of ether oxygens (including phenoxy) is 1. The Labute approximate surface area is 120 Å². The second-order valence-corrected chi connectivity index (χ2v) is 6.31. The molecule has 0 bridgehead atoms. The first kappa shape index (κ1) is 14.9. The average molecular weight is 277 g/mol. The maximum atomic E-state index is 12.2. The predicted octanol–water partition coefficient (Wildman–Crippen LogP) is 2.77. The number of aliphatic hydroxyl groups is 1. The summed E-state index contributed by atoms with van der Waals surface area (Å²) in [4.78, 5) is 13.9. The predicted molar refractivity (Wildman–Crippen MR) is 77.6 cm³/mol. The standard InChI is InChI=1S/C16H23NO3/c1-16(2,3)20-15(19)17-10-13(9-14(17)11-18)12-7-5-4-6-8-12/h4-8,13-14,18H,9-11H2,1-3H3/t13?,14-/m0/s1. The Morgan fingerprint density at radius 1 is 1.35 bits per heavy atom.